The minimum absolute atomic E-state index is 0.00240. The Morgan fingerprint density at radius 1 is 1.25 bits per heavy atom. The molecule has 3 rings (SSSR count). The standard InChI is InChI=1S/C26H27Cl2F2N3O3/c1-25(2,3)12-15-13-33(24(36)32-10-9-21(34)35)23(17-5-4-6-19(28)22(17)30)26(15,14-31)18-8-7-16(27)11-20(18)29/h4-8,11,15,23H,9-10,12-13H2,1-3H3,(H,32,36)(H,34,35)/t15-,23-,26-/m1/s1. The smallest absolute Gasteiger partial charge is 0.318 e. The zero-order chi connectivity index (χ0) is 26.8. The third-order valence-corrected chi connectivity index (χ3v) is 6.90. The van der Waals surface area contributed by atoms with Crippen molar-refractivity contribution in [3.05, 3.63) is 69.2 Å². The van der Waals surface area contributed by atoms with Crippen molar-refractivity contribution in [2.45, 2.75) is 45.1 Å². The number of carboxylic acids is 1. The van der Waals surface area contributed by atoms with Crippen molar-refractivity contribution in [2.75, 3.05) is 13.1 Å². The number of urea groups is 1. The first-order chi connectivity index (χ1) is 16.8. The number of halogens is 4. The van der Waals surface area contributed by atoms with Crippen LogP contribution < -0.4 is 5.32 Å². The highest BCUT2D eigenvalue weighted by Crippen LogP contribution is 2.56. The molecule has 2 aromatic rings. The number of aliphatic carboxylic acids is 1. The van der Waals surface area contributed by atoms with E-state index in [1.807, 2.05) is 20.8 Å². The summed E-state index contributed by atoms with van der Waals surface area (Å²) in [6.07, 6.45) is 0.0800. The summed E-state index contributed by atoms with van der Waals surface area (Å²) in [6.45, 7) is 5.70. The average Bonchev–Trinajstić information content (AvgIpc) is 3.08. The van der Waals surface area contributed by atoms with E-state index in [-0.39, 0.29) is 46.1 Å². The Kier molecular flexibility index (Phi) is 8.17. The summed E-state index contributed by atoms with van der Waals surface area (Å²) in [5.41, 5.74) is -2.07. The van der Waals surface area contributed by atoms with Crippen molar-refractivity contribution in [2.24, 2.45) is 11.3 Å². The molecular formula is C26H27Cl2F2N3O3. The summed E-state index contributed by atoms with van der Waals surface area (Å²) < 4.78 is 31.0. The Labute approximate surface area is 218 Å². The van der Waals surface area contributed by atoms with Crippen molar-refractivity contribution in [3.8, 4) is 6.07 Å². The quantitative estimate of drug-likeness (QED) is 0.450. The summed E-state index contributed by atoms with van der Waals surface area (Å²) in [7, 11) is 0. The Morgan fingerprint density at radius 3 is 2.53 bits per heavy atom. The van der Waals surface area contributed by atoms with Crippen LogP contribution in [-0.4, -0.2) is 35.1 Å². The number of hydrogen-bond donors (Lipinski definition) is 2. The molecule has 1 aliphatic heterocycles. The molecule has 0 radical (unpaired) electrons. The van der Waals surface area contributed by atoms with Crippen molar-refractivity contribution < 1.29 is 23.5 Å². The number of carbonyl (C=O) groups is 2. The van der Waals surface area contributed by atoms with Crippen molar-refractivity contribution >= 4 is 35.2 Å². The maximum atomic E-state index is 15.5. The average molecular weight is 538 g/mol. The van der Waals surface area contributed by atoms with E-state index in [4.69, 9.17) is 28.3 Å². The van der Waals surface area contributed by atoms with Crippen molar-refractivity contribution in [1.29, 1.82) is 5.26 Å². The number of carbonyl (C=O) groups excluding carboxylic acids is 1. The molecule has 0 saturated carbocycles. The number of rotatable bonds is 6. The first kappa shape index (κ1) is 27.7. The summed E-state index contributed by atoms with van der Waals surface area (Å²) >= 11 is 12.1. The molecular weight excluding hydrogens is 511 g/mol. The molecule has 0 spiro atoms. The lowest BCUT2D eigenvalue weighted by Crippen LogP contribution is -2.44. The van der Waals surface area contributed by atoms with Crippen LogP contribution in [0.3, 0.4) is 0 Å². The van der Waals surface area contributed by atoms with Crippen LogP contribution in [0.2, 0.25) is 10.0 Å². The normalized spacial score (nSPS) is 21.8. The van der Waals surface area contributed by atoms with Gasteiger partial charge in [0.1, 0.15) is 17.0 Å². The molecule has 1 saturated heterocycles. The molecule has 1 fully saturated rings. The van der Waals surface area contributed by atoms with Crippen molar-refractivity contribution in [3.63, 3.8) is 0 Å². The summed E-state index contributed by atoms with van der Waals surface area (Å²) in [6, 6.07) is 8.53. The topological polar surface area (TPSA) is 93.4 Å². The number of amides is 2. The van der Waals surface area contributed by atoms with E-state index in [0.717, 1.165) is 6.07 Å². The largest absolute Gasteiger partial charge is 0.481 e. The van der Waals surface area contributed by atoms with Crippen LogP contribution in [0.4, 0.5) is 13.6 Å². The van der Waals surface area contributed by atoms with Gasteiger partial charge in [0.2, 0.25) is 0 Å². The van der Waals surface area contributed by atoms with Gasteiger partial charge in [-0.1, -0.05) is 62.2 Å². The number of likely N-dealkylation sites (tertiary alicyclic amines) is 1. The van der Waals surface area contributed by atoms with Gasteiger partial charge in [-0.05, 0) is 30.0 Å². The minimum atomic E-state index is -1.70. The lowest BCUT2D eigenvalue weighted by Gasteiger charge is -2.38. The molecule has 1 aliphatic rings. The molecule has 0 aromatic heterocycles. The van der Waals surface area contributed by atoms with Crippen LogP contribution in [0.25, 0.3) is 0 Å². The SMILES string of the molecule is CC(C)(C)C[C@@H]1CN(C(=O)NCCC(=O)O)[C@H](c2cccc(Cl)c2F)[C@@]1(C#N)c1ccc(Cl)cc1F. The van der Waals surface area contributed by atoms with Crippen molar-refractivity contribution in [1.82, 2.24) is 10.2 Å². The molecule has 6 nitrogen and oxygen atoms in total. The Hall–Kier alpha value is -2.89. The van der Waals surface area contributed by atoms with E-state index in [1.54, 1.807) is 0 Å². The first-order valence-electron chi connectivity index (χ1n) is 11.4. The number of nitrogens with one attached hydrogen (secondary N) is 1. The molecule has 36 heavy (non-hydrogen) atoms. The molecule has 2 N–H and O–H groups in total. The molecule has 0 bridgehead atoms. The van der Waals surface area contributed by atoms with E-state index >= 15 is 8.78 Å². The number of nitrogens with zero attached hydrogens (tertiary/aromatic N) is 2. The summed E-state index contributed by atoms with van der Waals surface area (Å²) in [5.74, 6) is -3.28. The maximum Gasteiger partial charge on any atom is 0.318 e. The first-order valence-corrected chi connectivity index (χ1v) is 12.1. The van der Waals surface area contributed by atoms with E-state index < -0.39 is 41.0 Å². The van der Waals surface area contributed by atoms with E-state index in [9.17, 15) is 14.9 Å². The molecule has 1 heterocycles. The van der Waals surface area contributed by atoms with Gasteiger partial charge >= 0.3 is 12.0 Å². The fourth-order valence-electron chi connectivity index (χ4n) is 5.05. The molecule has 3 atom stereocenters. The number of carboxylic acid groups (broad SMARTS) is 1. The zero-order valence-electron chi connectivity index (χ0n) is 20.1. The Balaban J connectivity index is 2.28. The number of benzene rings is 2. The summed E-state index contributed by atoms with van der Waals surface area (Å²) in [5, 5.41) is 22.1. The van der Waals surface area contributed by atoms with Gasteiger partial charge in [-0.25, -0.2) is 13.6 Å². The fraction of sp³-hybridized carbons (Fsp3) is 0.423. The third-order valence-electron chi connectivity index (χ3n) is 6.38. The van der Waals surface area contributed by atoms with Gasteiger partial charge in [0.05, 0.1) is 23.6 Å². The second kappa shape index (κ2) is 10.6. The minimum Gasteiger partial charge on any atom is -0.481 e. The molecule has 2 amide bonds. The molecule has 2 aromatic carbocycles. The fourth-order valence-corrected chi connectivity index (χ4v) is 5.39. The van der Waals surface area contributed by atoms with Crippen LogP contribution in [-0.2, 0) is 10.2 Å². The van der Waals surface area contributed by atoms with Crippen LogP contribution >= 0.6 is 23.2 Å². The highest BCUT2D eigenvalue weighted by atomic mass is 35.5. The summed E-state index contributed by atoms with van der Waals surface area (Å²) in [4.78, 5) is 25.6. The van der Waals surface area contributed by atoms with Crippen LogP contribution in [0.1, 0.15) is 50.8 Å². The van der Waals surface area contributed by atoms with Crippen LogP contribution in [0, 0.1) is 34.3 Å². The lowest BCUT2D eigenvalue weighted by molar-refractivity contribution is -0.136. The van der Waals surface area contributed by atoms with Crippen LogP contribution in [0.15, 0.2) is 36.4 Å². The van der Waals surface area contributed by atoms with Crippen LogP contribution in [0.5, 0.6) is 0 Å². The second-order valence-electron chi connectivity index (χ2n) is 10.1. The highest BCUT2D eigenvalue weighted by Gasteiger charge is 2.60. The van der Waals surface area contributed by atoms with Gasteiger partial charge in [-0.15, -0.1) is 0 Å². The lowest BCUT2D eigenvalue weighted by atomic mass is 9.63. The monoisotopic (exact) mass is 537 g/mol. The second-order valence-corrected chi connectivity index (χ2v) is 11.0. The zero-order valence-corrected chi connectivity index (χ0v) is 21.6. The van der Waals surface area contributed by atoms with Gasteiger partial charge < -0.3 is 15.3 Å². The Bertz CT molecular complexity index is 1210. The van der Waals surface area contributed by atoms with Gasteiger partial charge in [0.15, 0.2) is 0 Å². The molecule has 10 heteroatoms. The molecule has 192 valence electrons. The molecule has 0 unspecified atom stereocenters. The molecule has 0 aliphatic carbocycles. The number of nitriles is 1. The predicted molar refractivity (Wildman–Crippen MR) is 133 cm³/mol. The van der Waals surface area contributed by atoms with E-state index in [1.165, 1.54) is 35.2 Å². The number of hydrogen-bond acceptors (Lipinski definition) is 3. The van der Waals surface area contributed by atoms with Gasteiger partial charge in [0.25, 0.3) is 0 Å². The predicted octanol–water partition coefficient (Wildman–Crippen LogP) is 6.33. The maximum absolute atomic E-state index is 15.5. The third kappa shape index (κ3) is 5.42. The van der Waals surface area contributed by atoms with Gasteiger partial charge in [-0.3, -0.25) is 4.79 Å². The van der Waals surface area contributed by atoms with Gasteiger partial charge in [-0.2, -0.15) is 5.26 Å². The van der Waals surface area contributed by atoms with Gasteiger partial charge in [0, 0.05) is 35.2 Å². The van der Waals surface area contributed by atoms with E-state index in [2.05, 4.69) is 11.4 Å². The Morgan fingerprint density at radius 2 is 1.94 bits per heavy atom. The van der Waals surface area contributed by atoms with E-state index in [0.29, 0.717) is 6.42 Å². The highest BCUT2D eigenvalue weighted by molar-refractivity contribution is 6.31.